The monoisotopic (exact) mass is 501 g/mol. The molecule has 1 aromatic heterocycles. The summed E-state index contributed by atoms with van der Waals surface area (Å²) in [4.78, 5) is 18.2. The fourth-order valence-electron chi connectivity index (χ4n) is 3.98. The highest BCUT2D eigenvalue weighted by molar-refractivity contribution is 7.92. The second kappa shape index (κ2) is 10.3. The average Bonchev–Trinajstić information content (AvgIpc) is 3.28. The second-order valence-corrected chi connectivity index (χ2v) is 11.4. The second-order valence-electron chi connectivity index (χ2n) is 8.99. The lowest BCUT2D eigenvalue weighted by Gasteiger charge is -2.28. The fourth-order valence-corrected chi connectivity index (χ4v) is 4.82. The first-order valence-corrected chi connectivity index (χ1v) is 13.5. The third kappa shape index (κ3) is 5.66. The number of carbonyl (C=O) groups excluding carboxylic acids is 1. The van der Waals surface area contributed by atoms with Crippen molar-refractivity contribution in [3.05, 3.63) is 48.7 Å². The van der Waals surface area contributed by atoms with Gasteiger partial charge in [-0.1, -0.05) is 18.2 Å². The molecule has 1 saturated heterocycles. The molecule has 1 aliphatic rings. The number of rotatable bonds is 9. The van der Waals surface area contributed by atoms with E-state index in [9.17, 15) is 13.2 Å². The topological polar surface area (TPSA) is 109 Å². The molecule has 2 unspecified atom stereocenters. The number of aromatic nitrogens is 2. The number of sulfone groups is 1. The van der Waals surface area contributed by atoms with Gasteiger partial charge >= 0.3 is 0 Å². The lowest BCUT2D eigenvalue weighted by molar-refractivity contribution is -0.201. The van der Waals surface area contributed by atoms with Gasteiger partial charge in [0.25, 0.3) is 5.91 Å². The lowest BCUT2D eigenvalue weighted by Crippen LogP contribution is -2.51. The molecule has 0 bridgehead atoms. The summed E-state index contributed by atoms with van der Waals surface area (Å²) < 4.78 is 35.8. The summed E-state index contributed by atoms with van der Waals surface area (Å²) in [5, 5.41) is 5.48. The Morgan fingerprint density at radius 2 is 1.94 bits per heavy atom. The molecule has 1 aliphatic heterocycles. The number of hydroxylamine groups is 1. The Morgan fingerprint density at radius 3 is 2.60 bits per heavy atom. The molecule has 1 fully saturated rings. The van der Waals surface area contributed by atoms with Crippen LogP contribution in [0.5, 0.6) is 5.75 Å². The number of methoxy groups -OCH3 is 1. The van der Waals surface area contributed by atoms with Crippen LogP contribution < -0.4 is 10.2 Å². The molecule has 9 nitrogen and oxygen atoms in total. The van der Waals surface area contributed by atoms with Crippen LogP contribution in [0.3, 0.4) is 0 Å². The molecule has 1 N–H and O–H groups in total. The van der Waals surface area contributed by atoms with Crippen LogP contribution in [0.15, 0.2) is 48.7 Å². The van der Waals surface area contributed by atoms with E-state index in [2.05, 4.69) is 10.6 Å². The van der Waals surface area contributed by atoms with E-state index in [1.54, 1.807) is 11.8 Å². The van der Waals surface area contributed by atoms with E-state index in [-0.39, 0.29) is 13.0 Å². The van der Waals surface area contributed by atoms with Gasteiger partial charge in [-0.3, -0.25) is 9.48 Å². The first kappa shape index (κ1) is 25.2. The average molecular weight is 502 g/mol. The Morgan fingerprint density at radius 1 is 1.20 bits per heavy atom. The van der Waals surface area contributed by atoms with Crippen LogP contribution in [-0.2, 0) is 30.8 Å². The molecule has 2 aromatic carbocycles. The van der Waals surface area contributed by atoms with Gasteiger partial charge in [-0.05, 0) is 61.6 Å². The summed E-state index contributed by atoms with van der Waals surface area (Å²) in [5.41, 5.74) is 5.17. The first-order valence-electron chi connectivity index (χ1n) is 11.6. The number of hydrogen-bond acceptors (Lipinski definition) is 7. The van der Waals surface area contributed by atoms with Crippen molar-refractivity contribution in [1.29, 1.82) is 0 Å². The number of nitrogens with one attached hydrogen (secondary N) is 1. The third-order valence-electron chi connectivity index (χ3n) is 6.51. The molecule has 2 atom stereocenters. The molecule has 3 aromatic rings. The minimum absolute atomic E-state index is 0.0336. The standard InChI is InChI=1S/C25H31N3O6S/c1-25(35(3,30)31,24(29)27-34-23-6-4-5-15-33-23)13-14-28-17-20-16-19(9-12-22(20)26-28)18-7-10-21(32-2)11-8-18/h7-12,16-17,23H,4-6,13-15H2,1-3H3,(H,27,29). The van der Waals surface area contributed by atoms with Crippen LogP contribution in [0, 0.1) is 0 Å². The van der Waals surface area contributed by atoms with Crippen molar-refractivity contribution in [1.82, 2.24) is 15.3 Å². The van der Waals surface area contributed by atoms with Gasteiger partial charge in [-0.25, -0.2) is 18.7 Å². The summed E-state index contributed by atoms with van der Waals surface area (Å²) >= 11 is 0. The predicted molar refractivity (Wildman–Crippen MR) is 132 cm³/mol. The maximum absolute atomic E-state index is 12.9. The predicted octanol–water partition coefficient (Wildman–Crippen LogP) is 3.48. The van der Waals surface area contributed by atoms with Crippen molar-refractivity contribution in [2.75, 3.05) is 20.0 Å². The number of aryl methyl sites for hydroxylation is 1. The molecule has 4 rings (SSSR count). The smallest absolute Gasteiger partial charge is 0.264 e. The van der Waals surface area contributed by atoms with Gasteiger partial charge in [0.1, 0.15) is 5.75 Å². The van der Waals surface area contributed by atoms with Crippen molar-refractivity contribution < 1.29 is 27.5 Å². The van der Waals surface area contributed by atoms with Crippen molar-refractivity contribution in [3.8, 4) is 16.9 Å². The van der Waals surface area contributed by atoms with Crippen molar-refractivity contribution in [2.24, 2.45) is 0 Å². The van der Waals surface area contributed by atoms with Crippen LogP contribution in [0.4, 0.5) is 0 Å². The Balaban J connectivity index is 1.47. The van der Waals surface area contributed by atoms with Gasteiger partial charge in [-0.15, -0.1) is 0 Å². The number of amides is 1. The van der Waals surface area contributed by atoms with Gasteiger partial charge in [-0.2, -0.15) is 5.10 Å². The summed E-state index contributed by atoms with van der Waals surface area (Å²) in [7, 11) is -2.12. The summed E-state index contributed by atoms with van der Waals surface area (Å²) in [6.45, 7) is 2.20. The summed E-state index contributed by atoms with van der Waals surface area (Å²) in [5.74, 6) is 0.0740. The van der Waals surface area contributed by atoms with E-state index in [4.69, 9.17) is 14.3 Å². The minimum atomic E-state index is -3.75. The molecule has 0 radical (unpaired) electrons. The molecule has 35 heavy (non-hydrogen) atoms. The zero-order valence-electron chi connectivity index (χ0n) is 20.2. The van der Waals surface area contributed by atoms with Gasteiger partial charge in [0.05, 0.1) is 12.6 Å². The molecular weight excluding hydrogens is 470 g/mol. The zero-order valence-corrected chi connectivity index (χ0v) is 21.0. The number of benzene rings is 2. The van der Waals surface area contributed by atoms with Gasteiger partial charge in [0.2, 0.25) is 0 Å². The lowest BCUT2D eigenvalue weighted by atomic mass is 10.0. The van der Waals surface area contributed by atoms with Crippen LogP contribution in [0.25, 0.3) is 22.0 Å². The van der Waals surface area contributed by atoms with Crippen LogP contribution >= 0.6 is 0 Å². The Kier molecular flexibility index (Phi) is 7.44. The summed E-state index contributed by atoms with van der Waals surface area (Å²) in [6.07, 6.45) is 4.90. The highest BCUT2D eigenvalue weighted by Gasteiger charge is 2.44. The maximum Gasteiger partial charge on any atom is 0.264 e. The van der Waals surface area contributed by atoms with Crippen LogP contribution in [0.2, 0.25) is 0 Å². The highest BCUT2D eigenvalue weighted by atomic mass is 32.2. The number of fused-ring (bicyclic) bond motifs is 1. The molecule has 0 aliphatic carbocycles. The molecule has 0 spiro atoms. The molecule has 2 heterocycles. The SMILES string of the molecule is COc1ccc(-c2ccc3nn(CCC(C)(C(=O)NOC4CCCCO4)S(C)(=O)=O)cc3c2)cc1. The highest BCUT2D eigenvalue weighted by Crippen LogP contribution is 2.27. The quantitative estimate of drug-likeness (QED) is 0.447. The summed E-state index contributed by atoms with van der Waals surface area (Å²) in [6, 6.07) is 13.7. The van der Waals surface area contributed by atoms with Gasteiger partial charge in [0.15, 0.2) is 20.9 Å². The number of nitrogens with zero attached hydrogens (tertiary/aromatic N) is 2. The largest absolute Gasteiger partial charge is 0.497 e. The fraction of sp³-hybridized carbons (Fsp3) is 0.440. The minimum Gasteiger partial charge on any atom is -0.497 e. The third-order valence-corrected chi connectivity index (χ3v) is 8.54. The Labute approximate surface area is 205 Å². The number of ether oxygens (including phenoxy) is 2. The van der Waals surface area contributed by atoms with E-state index in [1.165, 1.54) is 6.92 Å². The molecule has 10 heteroatoms. The molecular formula is C25H31N3O6S. The van der Waals surface area contributed by atoms with Gasteiger partial charge < -0.3 is 9.47 Å². The van der Waals surface area contributed by atoms with Gasteiger partial charge in [0, 0.05) is 37.4 Å². The zero-order chi connectivity index (χ0) is 25.1. The Hall–Kier alpha value is -2.95. The Bertz CT molecular complexity index is 1280. The van der Waals surface area contributed by atoms with Crippen LogP contribution in [0.1, 0.15) is 32.6 Å². The van der Waals surface area contributed by atoms with Crippen LogP contribution in [-0.4, -0.2) is 55.1 Å². The molecule has 0 saturated carbocycles. The molecule has 1 amide bonds. The van der Waals surface area contributed by atoms with E-state index in [1.807, 2.05) is 48.7 Å². The normalized spacial score (nSPS) is 18.2. The van der Waals surface area contributed by atoms with E-state index in [0.717, 1.165) is 46.9 Å². The maximum atomic E-state index is 12.9. The van der Waals surface area contributed by atoms with Crippen molar-refractivity contribution in [2.45, 2.75) is 50.2 Å². The van der Waals surface area contributed by atoms with E-state index < -0.39 is 26.8 Å². The van der Waals surface area contributed by atoms with Crippen molar-refractivity contribution in [3.63, 3.8) is 0 Å². The number of hydrogen-bond donors (Lipinski definition) is 1. The number of carbonyl (C=O) groups is 1. The first-order chi connectivity index (χ1) is 16.7. The van der Waals surface area contributed by atoms with E-state index in [0.29, 0.717) is 13.0 Å². The van der Waals surface area contributed by atoms with Crippen molar-refractivity contribution >= 4 is 26.6 Å². The molecule has 188 valence electrons. The van der Waals surface area contributed by atoms with E-state index >= 15 is 0 Å².